The van der Waals surface area contributed by atoms with E-state index in [0.29, 0.717) is 12.2 Å². The third-order valence-electron chi connectivity index (χ3n) is 2.68. The van der Waals surface area contributed by atoms with Gasteiger partial charge in [0.25, 0.3) is 5.91 Å². The molecule has 3 N–H and O–H groups in total. The van der Waals surface area contributed by atoms with E-state index in [2.05, 4.69) is 42.7 Å². The van der Waals surface area contributed by atoms with Gasteiger partial charge in [-0.05, 0) is 52.1 Å². The summed E-state index contributed by atoms with van der Waals surface area (Å²) in [7, 11) is 2.02. The highest BCUT2D eigenvalue weighted by Gasteiger charge is 2.08. The number of hydrazine groups is 1. The topological polar surface area (TPSA) is 71.2 Å². The lowest BCUT2D eigenvalue weighted by atomic mass is 10.2. The van der Waals surface area contributed by atoms with Crippen molar-refractivity contribution < 1.29 is 4.79 Å². The van der Waals surface area contributed by atoms with Crippen LogP contribution in [0.1, 0.15) is 21.7 Å². The minimum Gasteiger partial charge on any atom is -0.296 e. The number of nitrogens with one attached hydrogen (secondary N) is 1. The van der Waals surface area contributed by atoms with E-state index in [-0.39, 0.29) is 5.91 Å². The summed E-state index contributed by atoms with van der Waals surface area (Å²) in [5.74, 6) is 4.73. The first-order valence-corrected chi connectivity index (χ1v) is 7.64. The molecule has 0 bridgehead atoms. The van der Waals surface area contributed by atoms with Crippen LogP contribution in [0.25, 0.3) is 0 Å². The fourth-order valence-corrected chi connectivity index (χ4v) is 3.04. The van der Waals surface area contributed by atoms with E-state index >= 15 is 0 Å². The minimum atomic E-state index is -0.378. The first kappa shape index (κ1) is 15.1. The van der Waals surface area contributed by atoms with Gasteiger partial charge in [0.2, 0.25) is 0 Å². The molecule has 0 atom stereocenters. The Kier molecular flexibility index (Phi) is 5.24. The molecule has 0 saturated heterocycles. The number of aromatic nitrogens is 1. The normalized spacial score (nSPS) is 10.8. The lowest BCUT2D eigenvalue weighted by Gasteiger charge is -2.15. The van der Waals surface area contributed by atoms with Crippen LogP contribution in [0.3, 0.4) is 0 Å². The summed E-state index contributed by atoms with van der Waals surface area (Å²) in [5.41, 5.74) is 4.50. The second kappa shape index (κ2) is 6.94. The van der Waals surface area contributed by atoms with E-state index in [4.69, 9.17) is 5.84 Å². The second-order valence-corrected chi connectivity index (χ2v) is 6.71. The van der Waals surface area contributed by atoms with Crippen molar-refractivity contribution in [3.63, 3.8) is 0 Å². The van der Waals surface area contributed by atoms with E-state index in [9.17, 15) is 4.79 Å². The van der Waals surface area contributed by atoms with Crippen molar-refractivity contribution in [1.82, 2.24) is 15.3 Å². The van der Waals surface area contributed by atoms with Crippen LogP contribution >= 0.6 is 27.3 Å². The van der Waals surface area contributed by atoms with Gasteiger partial charge in [-0.1, -0.05) is 6.07 Å². The van der Waals surface area contributed by atoms with Gasteiger partial charge < -0.3 is 0 Å². The highest BCUT2D eigenvalue weighted by molar-refractivity contribution is 9.11. The van der Waals surface area contributed by atoms with Crippen molar-refractivity contribution in [2.24, 2.45) is 5.84 Å². The molecule has 2 rings (SSSR count). The monoisotopic (exact) mass is 354 g/mol. The van der Waals surface area contributed by atoms with Gasteiger partial charge in [0.05, 0.1) is 9.48 Å². The lowest BCUT2D eigenvalue weighted by molar-refractivity contribution is 0.0948. The predicted molar refractivity (Wildman–Crippen MR) is 83.1 cm³/mol. The fraction of sp³-hybridized carbons (Fsp3) is 0.231. The molecule has 0 spiro atoms. The molecule has 1 amide bonds. The van der Waals surface area contributed by atoms with Crippen LogP contribution in [0.4, 0.5) is 0 Å². The van der Waals surface area contributed by atoms with Crippen molar-refractivity contribution in [2.45, 2.75) is 13.1 Å². The summed E-state index contributed by atoms with van der Waals surface area (Å²) in [6.45, 7) is 1.50. The molecular formula is C13H15BrN4OS. The Morgan fingerprint density at radius 3 is 2.95 bits per heavy atom. The Bertz CT molecular complexity index is 602. The number of thiophene rings is 1. The summed E-state index contributed by atoms with van der Waals surface area (Å²) in [6.07, 6.45) is 0. The van der Waals surface area contributed by atoms with Crippen molar-refractivity contribution in [3.05, 3.63) is 50.4 Å². The molecule has 2 aromatic heterocycles. The number of amides is 1. The molecule has 7 heteroatoms. The van der Waals surface area contributed by atoms with Crippen LogP contribution in [0.2, 0.25) is 0 Å². The zero-order chi connectivity index (χ0) is 14.5. The molecule has 106 valence electrons. The standard InChI is InChI=1S/C13H15BrN4OS/c1-18(6-9-5-12(14)20-8-9)7-10-3-2-4-11(16-10)13(19)17-15/h2-5,8H,6-7,15H2,1H3,(H,17,19). The Hall–Kier alpha value is -1.28. The molecular weight excluding hydrogens is 340 g/mol. The molecule has 0 saturated carbocycles. The smallest absolute Gasteiger partial charge is 0.283 e. The Balaban J connectivity index is 2.00. The third-order valence-corrected chi connectivity index (χ3v) is 4.23. The van der Waals surface area contributed by atoms with E-state index < -0.39 is 0 Å². The molecule has 5 nitrogen and oxygen atoms in total. The number of hydrogen-bond donors (Lipinski definition) is 2. The SMILES string of the molecule is CN(Cc1csc(Br)c1)Cc1cccc(C(=O)NN)n1. The summed E-state index contributed by atoms with van der Waals surface area (Å²) in [4.78, 5) is 17.9. The van der Waals surface area contributed by atoms with E-state index in [1.54, 1.807) is 17.4 Å². The van der Waals surface area contributed by atoms with Crippen LogP contribution in [-0.4, -0.2) is 22.8 Å². The van der Waals surface area contributed by atoms with Crippen LogP contribution in [-0.2, 0) is 13.1 Å². The number of nitrogens with two attached hydrogens (primary N) is 1. The van der Waals surface area contributed by atoms with Crippen molar-refractivity contribution in [2.75, 3.05) is 7.05 Å². The minimum absolute atomic E-state index is 0.330. The molecule has 0 radical (unpaired) electrons. The number of hydrogen-bond acceptors (Lipinski definition) is 5. The number of pyridine rings is 1. The highest BCUT2D eigenvalue weighted by atomic mass is 79.9. The van der Waals surface area contributed by atoms with Crippen molar-refractivity contribution >= 4 is 33.2 Å². The maximum absolute atomic E-state index is 11.4. The average molecular weight is 355 g/mol. The maximum atomic E-state index is 11.4. The molecule has 2 aromatic rings. The quantitative estimate of drug-likeness (QED) is 0.490. The van der Waals surface area contributed by atoms with Crippen LogP contribution in [0, 0.1) is 0 Å². The Labute approximate surface area is 129 Å². The van der Waals surface area contributed by atoms with Crippen LogP contribution in [0.15, 0.2) is 33.4 Å². The zero-order valence-electron chi connectivity index (χ0n) is 11.0. The number of carbonyl (C=O) groups excluding carboxylic acids is 1. The summed E-state index contributed by atoms with van der Waals surface area (Å²) in [5, 5.41) is 2.12. The maximum Gasteiger partial charge on any atom is 0.283 e. The first-order valence-electron chi connectivity index (χ1n) is 5.97. The van der Waals surface area contributed by atoms with E-state index in [0.717, 1.165) is 16.0 Å². The van der Waals surface area contributed by atoms with Crippen molar-refractivity contribution in [1.29, 1.82) is 0 Å². The molecule has 0 unspecified atom stereocenters. The predicted octanol–water partition coefficient (Wildman–Crippen LogP) is 2.14. The average Bonchev–Trinajstić information content (AvgIpc) is 2.83. The van der Waals surface area contributed by atoms with Crippen LogP contribution in [0.5, 0.6) is 0 Å². The fourth-order valence-electron chi connectivity index (χ4n) is 1.84. The van der Waals surface area contributed by atoms with Crippen molar-refractivity contribution in [3.8, 4) is 0 Å². The van der Waals surface area contributed by atoms with Gasteiger partial charge in [0.1, 0.15) is 5.69 Å². The summed E-state index contributed by atoms with van der Waals surface area (Å²) >= 11 is 5.12. The van der Waals surface area contributed by atoms with Crippen LogP contribution < -0.4 is 11.3 Å². The van der Waals surface area contributed by atoms with Gasteiger partial charge >= 0.3 is 0 Å². The third kappa shape index (κ3) is 4.11. The summed E-state index contributed by atoms with van der Waals surface area (Å²) in [6, 6.07) is 7.45. The molecule has 0 aliphatic carbocycles. The molecule has 20 heavy (non-hydrogen) atoms. The number of nitrogens with zero attached hydrogens (tertiary/aromatic N) is 2. The summed E-state index contributed by atoms with van der Waals surface area (Å²) < 4.78 is 1.13. The largest absolute Gasteiger partial charge is 0.296 e. The van der Waals surface area contributed by atoms with Gasteiger partial charge in [-0.3, -0.25) is 15.1 Å². The van der Waals surface area contributed by atoms with Gasteiger partial charge in [0.15, 0.2) is 0 Å². The first-order chi connectivity index (χ1) is 9.58. The Morgan fingerprint density at radius 2 is 2.30 bits per heavy atom. The van der Waals surface area contributed by atoms with Gasteiger partial charge in [0, 0.05) is 13.1 Å². The molecule has 2 heterocycles. The van der Waals surface area contributed by atoms with Gasteiger partial charge in [-0.25, -0.2) is 10.8 Å². The van der Waals surface area contributed by atoms with E-state index in [1.807, 2.05) is 19.2 Å². The number of carbonyl (C=O) groups is 1. The molecule has 0 aromatic carbocycles. The van der Waals surface area contributed by atoms with Gasteiger partial charge in [-0.15, -0.1) is 11.3 Å². The van der Waals surface area contributed by atoms with E-state index in [1.165, 1.54) is 5.56 Å². The zero-order valence-corrected chi connectivity index (χ0v) is 13.4. The number of nitrogen functional groups attached to an aromatic ring is 1. The Morgan fingerprint density at radius 1 is 1.50 bits per heavy atom. The number of halogens is 1. The highest BCUT2D eigenvalue weighted by Crippen LogP contribution is 2.21. The molecule has 0 fully saturated rings. The van der Waals surface area contributed by atoms with Gasteiger partial charge in [-0.2, -0.15) is 0 Å². The molecule has 0 aliphatic heterocycles. The molecule has 0 aliphatic rings. The number of rotatable bonds is 5. The second-order valence-electron chi connectivity index (χ2n) is 4.42. The lowest BCUT2D eigenvalue weighted by Crippen LogP contribution is -2.31.